The third-order valence-corrected chi connectivity index (χ3v) is 3.58. The highest BCUT2D eigenvalue weighted by Gasteiger charge is 2.31. The molecule has 20 heavy (non-hydrogen) atoms. The fourth-order valence-electron chi connectivity index (χ4n) is 2.38. The van der Waals surface area contributed by atoms with Crippen LogP contribution < -0.4 is 10.1 Å². The van der Waals surface area contributed by atoms with Crippen molar-refractivity contribution in [1.29, 1.82) is 0 Å². The minimum atomic E-state index is -2.79. The van der Waals surface area contributed by atoms with Gasteiger partial charge in [-0.25, -0.2) is 0 Å². The largest absolute Gasteiger partial charge is 0.435 e. The molecule has 5 heteroatoms. The molecule has 2 rings (SSSR count). The topological polar surface area (TPSA) is 30.5 Å². The van der Waals surface area contributed by atoms with E-state index in [2.05, 4.69) is 10.1 Å². The van der Waals surface area contributed by atoms with E-state index in [1.807, 2.05) is 13.0 Å². The number of hydrogen-bond donors (Lipinski definition) is 1. The first-order valence-electron chi connectivity index (χ1n) is 6.90. The molecular weight excluding hydrogens is 264 g/mol. The van der Waals surface area contributed by atoms with E-state index in [0.717, 1.165) is 5.56 Å². The highest BCUT2D eigenvalue weighted by Crippen LogP contribution is 2.34. The lowest BCUT2D eigenvalue weighted by Gasteiger charge is -2.23. The average molecular weight is 285 g/mol. The lowest BCUT2D eigenvalue weighted by atomic mass is 10.1. The van der Waals surface area contributed by atoms with Crippen LogP contribution in [0.1, 0.15) is 31.4 Å². The van der Waals surface area contributed by atoms with Crippen LogP contribution in [0.5, 0.6) is 5.75 Å². The van der Waals surface area contributed by atoms with Crippen LogP contribution in [0.2, 0.25) is 0 Å². The van der Waals surface area contributed by atoms with Gasteiger partial charge in [0.15, 0.2) is 0 Å². The molecule has 0 heterocycles. The summed E-state index contributed by atoms with van der Waals surface area (Å²) in [7, 11) is 1.69. The van der Waals surface area contributed by atoms with Crippen LogP contribution in [-0.2, 0) is 4.74 Å². The number of hydrogen-bond acceptors (Lipinski definition) is 3. The standard InChI is InChI=1S/C15H21F2NO2/c1-10(18-14(9-19-2)11-6-7-11)12-4-3-5-13(8-12)20-15(16)17/h3-5,8,10-11,14-15,18H,6-7,9H2,1-2H3. The van der Waals surface area contributed by atoms with E-state index in [-0.39, 0.29) is 11.8 Å². The number of halogens is 2. The van der Waals surface area contributed by atoms with E-state index < -0.39 is 6.61 Å². The molecule has 1 aliphatic carbocycles. The maximum Gasteiger partial charge on any atom is 0.387 e. The van der Waals surface area contributed by atoms with E-state index in [9.17, 15) is 8.78 Å². The van der Waals surface area contributed by atoms with Crippen molar-refractivity contribution < 1.29 is 18.3 Å². The zero-order valence-electron chi connectivity index (χ0n) is 11.8. The van der Waals surface area contributed by atoms with Crippen LogP contribution in [0.4, 0.5) is 8.78 Å². The van der Waals surface area contributed by atoms with Crippen molar-refractivity contribution in [2.45, 2.75) is 38.5 Å². The van der Waals surface area contributed by atoms with Crippen LogP contribution in [0.15, 0.2) is 24.3 Å². The lowest BCUT2D eigenvalue weighted by molar-refractivity contribution is -0.0499. The van der Waals surface area contributed by atoms with Gasteiger partial charge in [0, 0.05) is 19.2 Å². The zero-order valence-corrected chi connectivity index (χ0v) is 11.8. The Hall–Kier alpha value is -1.20. The Balaban J connectivity index is 1.98. The predicted octanol–water partition coefficient (Wildman–Crippen LogP) is 3.36. The van der Waals surface area contributed by atoms with Crippen molar-refractivity contribution in [3.8, 4) is 5.75 Å². The summed E-state index contributed by atoms with van der Waals surface area (Å²) in [6.45, 7) is -0.101. The van der Waals surface area contributed by atoms with Crippen molar-refractivity contribution in [3.63, 3.8) is 0 Å². The number of methoxy groups -OCH3 is 1. The van der Waals surface area contributed by atoms with Gasteiger partial charge >= 0.3 is 6.61 Å². The zero-order chi connectivity index (χ0) is 14.5. The van der Waals surface area contributed by atoms with E-state index in [0.29, 0.717) is 18.6 Å². The molecule has 2 atom stereocenters. The van der Waals surface area contributed by atoms with E-state index >= 15 is 0 Å². The minimum absolute atomic E-state index is 0.0666. The number of nitrogens with one attached hydrogen (secondary N) is 1. The highest BCUT2D eigenvalue weighted by atomic mass is 19.3. The Bertz CT molecular complexity index is 424. The molecule has 1 aromatic rings. The molecule has 3 nitrogen and oxygen atoms in total. The fourth-order valence-corrected chi connectivity index (χ4v) is 2.38. The van der Waals surface area contributed by atoms with E-state index in [1.165, 1.54) is 18.9 Å². The lowest BCUT2D eigenvalue weighted by Crippen LogP contribution is -2.37. The summed E-state index contributed by atoms with van der Waals surface area (Å²) in [6.07, 6.45) is 2.45. The molecular formula is C15H21F2NO2. The number of rotatable bonds is 8. The molecule has 1 N–H and O–H groups in total. The normalized spacial score (nSPS) is 18.1. The van der Waals surface area contributed by atoms with Crippen molar-refractivity contribution in [1.82, 2.24) is 5.32 Å². The first-order chi connectivity index (χ1) is 9.60. The average Bonchev–Trinajstić information content (AvgIpc) is 3.22. The van der Waals surface area contributed by atoms with Gasteiger partial charge in [-0.3, -0.25) is 0 Å². The second-order valence-electron chi connectivity index (χ2n) is 5.24. The molecule has 1 saturated carbocycles. The Kier molecular flexibility index (Phi) is 5.31. The Morgan fingerprint density at radius 3 is 2.70 bits per heavy atom. The molecule has 0 spiro atoms. The summed E-state index contributed by atoms with van der Waals surface area (Å²) in [6, 6.07) is 7.21. The molecule has 112 valence electrons. The van der Waals surface area contributed by atoms with Gasteiger partial charge in [0.25, 0.3) is 0 Å². The Labute approximate surface area is 118 Å². The van der Waals surface area contributed by atoms with Gasteiger partial charge in [0.05, 0.1) is 6.61 Å². The molecule has 1 aliphatic rings. The number of alkyl halides is 2. The van der Waals surface area contributed by atoms with E-state index in [4.69, 9.17) is 4.74 Å². The number of ether oxygens (including phenoxy) is 2. The maximum atomic E-state index is 12.2. The monoisotopic (exact) mass is 285 g/mol. The molecule has 1 fully saturated rings. The summed E-state index contributed by atoms with van der Waals surface area (Å²) in [5, 5.41) is 3.51. The highest BCUT2D eigenvalue weighted by molar-refractivity contribution is 5.30. The summed E-state index contributed by atoms with van der Waals surface area (Å²) in [4.78, 5) is 0. The van der Waals surface area contributed by atoms with Crippen LogP contribution in [0, 0.1) is 5.92 Å². The predicted molar refractivity (Wildman–Crippen MR) is 73.0 cm³/mol. The fraction of sp³-hybridized carbons (Fsp3) is 0.600. The smallest absolute Gasteiger partial charge is 0.387 e. The Morgan fingerprint density at radius 2 is 2.10 bits per heavy atom. The summed E-state index contributed by atoms with van der Waals surface area (Å²) >= 11 is 0. The maximum absolute atomic E-state index is 12.2. The summed E-state index contributed by atoms with van der Waals surface area (Å²) in [5.74, 6) is 0.860. The second kappa shape index (κ2) is 6.99. The van der Waals surface area contributed by atoms with Crippen LogP contribution in [0.3, 0.4) is 0 Å². The molecule has 2 unspecified atom stereocenters. The van der Waals surface area contributed by atoms with Gasteiger partial charge in [-0.1, -0.05) is 12.1 Å². The second-order valence-corrected chi connectivity index (χ2v) is 5.24. The molecule has 0 bridgehead atoms. The summed E-state index contributed by atoms with van der Waals surface area (Å²) in [5.41, 5.74) is 0.935. The van der Waals surface area contributed by atoms with Gasteiger partial charge in [0.1, 0.15) is 5.75 Å². The SMILES string of the molecule is COCC(NC(C)c1cccc(OC(F)F)c1)C1CC1. The molecule has 1 aromatic carbocycles. The van der Waals surface area contributed by atoms with Gasteiger partial charge in [0.2, 0.25) is 0 Å². The first-order valence-corrected chi connectivity index (χ1v) is 6.90. The molecule has 0 radical (unpaired) electrons. The van der Waals surface area contributed by atoms with Crippen LogP contribution in [-0.4, -0.2) is 26.4 Å². The quantitative estimate of drug-likeness (QED) is 0.794. The number of benzene rings is 1. The summed E-state index contributed by atoms with van der Waals surface area (Å²) < 4.78 is 34.1. The van der Waals surface area contributed by atoms with Crippen molar-refractivity contribution in [3.05, 3.63) is 29.8 Å². The van der Waals surface area contributed by atoms with Gasteiger partial charge < -0.3 is 14.8 Å². The van der Waals surface area contributed by atoms with Crippen molar-refractivity contribution in [2.24, 2.45) is 5.92 Å². The Morgan fingerprint density at radius 1 is 1.35 bits per heavy atom. The molecule has 0 amide bonds. The third-order valence-electron chi connectivity index (χ3n) is 3.58. The van der Waals surface area contributed by atoms with Gasteiger partial charge in [-0.15, -0.1) is 0 Å². The molecule has 0 saturated heterocycles. The molecule has 0 aromatic heterocycles. The third kappa shape index (κ3) is 4.42. The van der Waals surface area contributed by atoms with Crippen molar-refractivity contribution >= 4 is 0 Å². The first kappa shape index (κ1) is 15.2. The van der Waals surface area contributed by atoms with E-state index in [1.54, 1.807) is 19.2 Å². The van der Waals surface area contributed by atoms with Crippen molar-refractivity contribution in [2.75, 3.05) is 13.7 Å². The van der Waals surface area contributed by atoms with Gasteiger partial charge in [-0.2, -0.15) is 8.78 Å². The van der Waals surface area contributed by atoms with Crippen LogP contribution in [0.25, 0.3) is 0 Å². The van der Waals surface area contributed by atoms with Crippen LogP contribution >= 0.6 is 0 Å². The van der Waals surface area contributed by atoms with Gasteiger partial charge in [-0.05, 0) is 43.4 Å². The minimum Gasteiger partial charge on any atom is -0.435 e. The molecule has 0 aliphatic heterocycles.